The smallest absolute Gasteiger partial charge is 0.412 e. The van der Waals surface area contributed by atoms with Crippen LogP contribution in [0.25, 0.3) is 22.5 Å². The summed E-state index contributed by atoms with van der Waals surface area (Å²) in [5, 5.41) is 6.84. The van der Waals surface area contributed by atoms with Crippen molar-refractivity contribution in [2.24, 2.45) is 0 Å². The van der Waals surface area contributed by atoms with Crippen LogP contribution in [0.1, 0.15) is 49.6 Å². The van der Waals surface area contributed by atoms with Gasteiger partial charge in [-0.15, -0.1) is 0 Å². The SMILES string of the molecule is CCOC(=O)C1(c2ccc(-c3ccc(-c4onc(C)c4NC(=O)OC(C)c4cccc(OC)c4)cc3)cc2)CC1. The van der Waals surface area contributed by atoms with Crippen LogP contribution in [0.4, 0.5) is 10.5 Å². The Balaban J connectivity index is 1.28. The zero-order valence-electron chi connectivity index (χ0n) is 23.0. The third-order valence-corrected chi connectivity index (χ3v) is 7.27. The molecule has 0 spiro atoms. The van der Waals surface area contributed by atoms with Gasteiger partial charge in [0.05, 0.1) is 19.1 Å². The molecule has 40 heavy (non-hydrogen) atoms. The molecule has 8 nitrogen and oxygen atoms in total. The molecule has 1 fully saturated rings. The Morgan fingerprint density at radius 1 is 1.00 bits per heavy atom. The van der Waals surface area contributed by atoms with Gasteiger partial charge in [-0.05, 0) is 68.0 Å². The molecule has 5 rings (SSSR count). The number of ether oxygens (including phenoxy) is 3. The van der Waals surface area contributed by atoms with Crippen molar-refractivity contribution in [2.45, 2.75) is 45.1 Å². The number of esters is 1. The molecule has 1 atom stereocenters. The molecule has 1 N–H and O–H groups in total. The van der Waals surface area contributed by atoms with Gasteiger partial charge in [-0.25, -0.2) is 4.79 Å². The number of carbonyl (C=O) groups is 2. The lowest BCUT2D eigenvalue weighted by atomic mass is 9.93. The van der Waals surface area contributed by atoms with Crippen LogP contribution in [-0.2, 0) is 19.7 Å². The van der Waals surface area contributed by atoms with E-state index in [1.54, 1.807) is 21.0 Å². The molecule has 0 aliphatic heterocycles. The summed E-state index contributed by atoms with van der Waals surface area (Å²) < 4.78 is 21.7. The molecule has 1 amide bonds. The van der Waals surface area contributed by atoms with Gasteiger partial charge < -0.3 is 18.7 Å². The summed E-state index contributed by atoms with van der Waals surface area (Å²) in [7, 11) is 1.59. The van der Waals surface area contributed by atoms with Gasteiger partial charge in [-0.3, -0.25) is 10.1 Å². The molecule has 0 saturated heterocycles. The maximum Gasteiger partial charge on any atom is 0.412 e. The Labute approximate surface area is 233 Å². The standard InChI is InChI=1S/C32H32N2O6/c1-5-38-30(35)32(17-18-32)26-15-13-23(14-16-26)22-9-11-24(12-10-22)29-28(20(2)34-40-29)33-31(36)39-21(3)25-7-6-8-27(19-25)37-4/h6-16,19,21H,5,17-18H2,1-4H3,(H,33,36). The summed E-state index contributed by atoms with van der Waals surface area (Å²) in [4.78, 5) is 25.2. The molecule has 1 aromatic heterocycles. The number of nitrogens with zero attached hydrogens (tertiary/aromatic N) is 1. The Morgan fingerprint density at radius 2 is 1.65 bits per heavy atom. The molecule has 1 unspecified atom stereocenters. The third-order valence-electron chi connectivity index (χ3n) is 7.27. The van der Waals surface area contributed by atoms with Gasteiger partial charge >= 0.3 is 12.1 Å². The molecule has 1 heterocycles. The number of aryl methyl sites for hydroxylation is 1. The van der Waals surface area contributed by atoms with Crippen LogP contribution in [0, 0.1) is 6.92 Å². The lowest BCUT2D eigenvalue weighted by Crippen LogP contribution is -2.23. The van der Waals surface area contributed by atoms with Gasteiger partial charge in [0.1, 0.15) is 23.2 Å². The Morgan fingerprint density at radius 3 is 2.27 bits per heavy atom. The number of hydrogen-bond donors (Lipinski definition) is 1. The van der Waals surface area contributed by atoms with Crippen LogP contribution >= 0.6 is 0 Å². The highest BCUT2D eigenvalue weighted by molar-refractivity contribution is 5.91. The van der Waals surface area contributed by atoms with E-state index in [0.717, 1.165) is 40.7 Å². The number of nitrogens with one attached hydrogen (secondary N) is 1. The summed E-state index contributed by atoms with van der Waals surface area (Å²) in [5.74, 6) is 0.987. The van der Waals surface area contributed by atoms with Crippen LogP contribution in [-0.4, -0.2) is 30.9 Å². The minimum Gasteiger partial charge on any atom is -0.497 e. The van der Waals surface area contributed by atoms with Crippen LogP contribution in [0.2, 0.25) is 0 Å². The predicted molar refractivity (Wildman–Crippen MR) is 151 cm³/mol. The second-order valence-corrected chi connectivity index (χ2v) is 9.88. The first kappa shape index (κ1) is 27.0. The van der Waals surface area contributed by atoms with E-state index in [-0.39, 0.29) is 5.97 Å². The lowest BCUT2D eigenvalue weighted by Gasteiger charge is -2.15. The fourth-order valence-corrected chi connectivity index (χ4v) is 4.77. The topological polar surface area (TPSA) is 99.9 Å². The van der Waals surface area contributed by atoms with Crippen molar-refractivity contribution < 1.29 is 28.3 Å². The number of methoxy groups -OCH3 is 1. The molecule has 206 valence electrons. The Hall–Kier alpha value is -4.59. The number of rotatable bonds is 9. The first-order valence-corrected chi connectivity index (χ1v) is 13.3. The van der Waals surface area contributed by atoms with Crippen LogP contribution in [0.3, 0.4) is 0 Å². The number of benzene rings is 3. The molecule has 3 aromatic carbocycles. The molecule has 8 heteroatoms. The number of carbonyl (C=O) groups excluding carboxylic acids is 2. The zero-order valence-corrected chi connectivity index (χ0v) is 23.0. The number of aromatic nitrogens is 1. The van der Waals surface area contributed by atoms with Crippen LogP contribution < -0.4 is 10.1 Å². The van der Waals surface area contributed by atoms with E-state index in [9.17, 15) is 9.59 Å². The highest BCUT2D eigenvalue weighted by Crippen LogP contribution is 2.49. The molecular formula is C32H32N2O6. The van der Waals surface area contributed by atoms with Crippen molar-refractivity contribution in [3.63, 3.8) is 0 Å². The number of anilines is 1. The molecule has 1 aliphatic rings. The van der Waals surface area contributed by atoms with Crippen molar-refractivity contribution in [1.82, 2.24) is 5.16 Å². The minimum atomic E-state index is -0.615. The quantitative estimate of drug-likeness (QED) is 0.224. The van der Waals surface area contributed by atoms with Crippen LogP contribution in [0.15, 0.2) is 77.3 Å². The Bertz CT molecular complexity index is 1500. The number of amides is 1. The van der Waals surface area contributed by atoms with E-state index in [1.807, 2.05) is 79.7 Å². The summed E-state index contributed by atoms with van der Waals surface area (Å²) in [6.45, 7) is 5.77. The maximum absolute atomic E-state index is 12.7. The minimum absolute atomic E-state index is 0.141. The molecular weight excluding hydrogens is 508 g/mol. The van der Waals surface area contributed by atoms with E-state index in [4.69, 9.17) is 18.7 Å². The summed E-state index contributed by atoms with van der Waals surface area (Å²) >= 11 is 0. The summed E-state index contributed by atoms with van der Waals surface area (Å²) in [6.07, 6.45) is 0.535. The van der Waals surface area contributed by atoms with E-state index in [0.29, 0.717) is 29.5 Å². The Kier molecular flexibility index (Phi) is 7.60. The van der Waals surface area contributed by atoms with E-state index in [1.165, 1.54) is 0 Å². The van der Waals surface area contributed by atoms with Gasteiger partial charge in [-0.1, -0.05) is 65.8 Å². The van der Waals surface area contributed by atoms with Gasteiger partial charge in [0.25, 0.3) is 0 Å². The van der Waals surface area contributed by atoms with Crippen molar-refractivity contribution in [2.75, 3.05) is 19.0 Å². The van der Waals surface area contributed by atoms with Crippen molar-refractivity contribution in [3.8, 4) is 28.2 Å². The fraction of sp³-hybridized carbons (Fsp3) is 0.281. The maximum atomic E-state index is 12.7. The largest absolute Gasteiger partial charge is 0.497 e. The first-order chi connectivity index (χ1) is 19.3. The number of hydrogen-bond acceptors (Lipinski definition) is 7. The first-order valence-electron chi connectivity index (χ1n) is 13.3. The van der Waals surface area contributed by atoms with Crippen molar-refractivity contribution in [3.05, 3.63) is 89.6 Å². The van der Waals surface area contributed by atoms with E-state index >= 15 is 0 Å². The zero-order chi connectivity index (χ0) is 28.3. The van der Waals surface area contributed by atoms with E-state index < -0.39 is 17.6 Å². The second-order valence-electron chi connectivity index (χ2n) is 9.88. The fourth-order valence-electron chi connectivity index (χ4n) is 4.77. The van der Waals surface area contributed by atoms with Gasteiger partial charge in [0, 0.05) is 5.56 Å². The summed E-state index contributed by atoms with van der Waals surface area (Å²) in [5.41, 5.74) is 5.10. The van der Waals surface area contributed by atoms with Crippen molar-refractivity contribution in [1.29, 1.82) is 0 Å². The third kappa shape index (κ3) is 5.43. The van der Waals surface area contributed by atoms with Gasteiger partial charge in [0.15, 0.2) is 5.76 Å². The normalized spacial score (nSPS) is 14.2. The average Bonchev–Trinajstić information content (AvgIpc) is 3.72. The molecule has 0 radical (unpaired) electrons. The van der Waals surface area contributed by atoms with Crippen molar-refractivity contribution >= 4 is 17.7 Å². The summed E-state index contributed by atoms with van der Waals surface area (Å²) in [6, 6.07) is 23.2. The molecule has 1 aliphatic carbocycles. The lowest BCUT2D eigenvalue weighted by molar-refractivity contribution is -0.146. The molecule has 1 saturated carbocycles. The molecule has 0 bridgehead atoms. The highest BCUT2D eigenvalue weighted by Gasteiger charge is 2.52. The highest BCUT2D eigenvalue weighted by atomic mass is 16.6. The predicted octanol–water partition coefficient (Wildman–Crippen LogP) is 7.23. The van der Waals surface area contributed by atoms with Gasteiger partial charge in [-0.2, -0.15) is 0 Å². The second kappa shape index (κ2) is 11.3. The van der Waals surface area contributed by atoms with E-state index in [2.05, 4.69) is 10.5 Å². The van der Waals surface area contributed by atoms with Gasteiger partial charge in [0.2, 0.25) is 0 Å². The average molecular weight is 541 g/mol. The monoisotopic (exact) mass is 540 g/mol. The molecule has 4 aromatic rings. The van der Waals surface area contributed by atoms with Crippen LogP contribution in [0.5, 0.6) is 5.75 Å².